The second-order valence-electron chi connectivity index (χ2n) is 2.37. The van der Waals surface area contributed by atoms with Crippen molar-refractivity contribution in [2.45, 2.75) is 6.92 Å². The number of rotatable bonds is 0. The van der Waals surface area contributed by atoms with Crippen LogP contribution in [0.1, 0.15) is 6.92 Å². The van der Waals surface area contributed by atoms with E-state index < -0.39 is 22.4 Å². The molecule has 0 atom stereocenters. The summed E-state index contributed by atoms with van der Waals surface area (Å²) >= 11 is 0. The third-order valence-corrected chi connectivity index (χ3v) is 1.19. The number of hydrogen-bond acceptors (Lipinski definition) is 4. The molecule has 0 fully saturated rings. The Morgan fingerprint density at radius 1 is 1.18 bits per heavy atom. The van der Waals surface area contributed by atoms with Gasteiger partial charge in [0.1, 0.15) is 0 Å². The molecule has 7 nitrogen and oxygen atoms in total. The second kappa shape index (κ2) is 11.9. The SMILES string of the molecule is CC(=O)O.N=C(N)N=S(=O)=O.c1ccccc1. The minimum Gasteiger partial charge on any atom is -0.481 e. The van der Waals surface area contributed by atoms with Crippen molar-refractivity contribution in [3.63, 3.8) is 0 Å². The molecule has 17 heavy (non-hydrogen) atoms. The smallest absolute Gasteiger partial charge is 0.319 e. The zero-order valence-corrected chi connectivity index (χ0v) is 9.89. The number of nitrogens with zero attached hydrogens (tertiary/aromatic N) is 1. The maximum atomic E-state index is 9.42. The number of carbonyl (C=O) groups is 1. The molecule has 1 rings (SSSR count). The highest BCUT2D eigenvalue weighted by Crippen LogP contribution is 1.79. The number of carboxylic acid groups (broad SMARTS) is 1. The van der Waals surface area contributed by atoms with Crippen LogP contribution in [-0.2, 0) is 15.3 Å². The fourth-order valence-electron chi connectivity index (χ4n) is 0.465. The molecule has 0 saturated heterocycles. The fraction of sp³-hybridized carbons (Fsp3) is 0.111. The van der Waals surface area contributed by atoms with E-state index >= 15 is 0 Å². The molecule has 0 aliphatic rings. The van der Waals surface area contributed by atoms with Crippen LogP contribution in [0.3, 0.4) is 0 Å². The van der Waals surface area contributed by atoms with Gasteiger partial charge >= 0.3 is 10.5 Å². The van der Waals surface area contributed by atoms with Crippen LogP contribution in [-0.4, -0.2) is 25.5 Å². The van der Waals surface area contributed by atoms with Crippen LogP contribution < -0.4 is 5.73 Å². The number of benzene rings is 1. The summed E-state index contributed by atoms with van der Waals surface area (Å²) in [4.78, 5) is 9.00. The maximum absolute atomic E-state index is 9.42. The predicted octanol–water partition coefficient (Wildman–Crippen LogP) is 0.720. The van der Waals surface area contributed by atoms with E-state index in [4.69, 9.17) is 15.3 Å². The molecule has 1 aromatic carbocycles. The summed E-state index contributed by atoms with van der Waals surface area (Å²) in [5.74, 6) is -1.53. The zero-order chi connectivity index (χ0) is 13.7. The van der Waals surface area contributed by atoms with Crippen LogP contribution in [0.25, 0.3) is 0 Å². The normalized spacial score (nSPS) is 7.35. The van der Waals surface area contributed by atoms with Gasteiger partial charge in [0.05, 0.1) is 0 Å². The van der Waals surface area contributed by atoms with Crippen LogP contribution >= 0.6 is 0 Å². The average molecular weight is 259 g/mol. The highest BCUT2D eigenvalue weighted by molar-refractivity contribution is 7.62. The highest BCUT2D eigenvalue weighted by atomic mass is 32.2. The largest absolute Gasteiger partial charge is 0.481 e. The van der Waals surface area contributed by atoms with E-state index in [9.17, 15) is 8.42 Å². The predicted molar refractivity (Wildman–Crippen MR) is 63.0 cm³/mol. The Labute approximate surface area is 100 Å². The van der Waals surface area contributed by atoms with Crippen molar-refractivity contribution in [2.24, 2.45) is 10.1 Å². The van der Waals surface area contributed by atoms with Crippen LogP contribution in [0, 0.1) is 5.41 Å². The summed E-state index contributed by atoms with van der Waals surface area (Å²) < 4.78 is 21.4. The third kappa shape index (κ3) is 31.6. The van der Waals surface area contributed by atoms with Gasteiger partial charge in [-0.15, -0.1) is 0 Å². The standard InChI is InChI=1S/C6H6.C2H4O2.CH3N3O2S/c1-2-4-6-5-3-1;1-2(3)4;2-1(3)4-7(5)6/h1-6H;1H3,(H,3,4);(H3,2,3). The minimum atomic E-state index is -2.57. The number of guanidine groups is 1. The quantitative estimate of drug-likeness (QED) is 0.466. The third-order valence-electron chi connectivity index (χ3n) is 0.840. The topological polar surface area (TPSA) is 134 Å². The van der Waals surface area contributed by atoms with E-state index in [1.807, 2.05) is 36.4 Å². The first-order valence-electron chi connectivity index (χ1n) is 4.21. The first-order chi connectivity index (χ1) is 7.86. The van der Waals surface area contributed by atoms with Gasteiger partial charge < -0.3 is 10.8 Å². The van der Waals surface area contributed by atoms with Gasteiger partial charge in [-0.05, 0) is 0 Å². The van der Waals surface area contributed by atoms with Gasteiger partial charge in [0.15, 0.2) is 0 Å². The highest BCUT2D eigenvalue weighted by Gasteiger charge is 1.74. The number of carboxylic acids is 1. The lowest BCUT2D eigenvalue weighted by Crippen LogP contribution is -2.03. The first-order valence-corrected chi connectivity index (χ1v) is 5.24. The molecular formula is C9H13N3O4S. The van der Waals surface area contributed by atoms with E-state index in [0.717, 1.165) is 6.92 Å². The summed E-state index contributed by atoms with van der Waals surface area (Å²) in [6.45, 7) is 1.08. The van der Waals surface area contributed by atoms with Gasteiger partial charge in [0, 0.05) is 6.92 Å². The molecular weight excluding hydrogens is 246 g/mol. The van der Waals surface area contributed by atoms with Crippen molar-refractivity contribution >= 4 is 22.4 Å². The number of nitrogens with one attached hydrogen (secondary N) is 1. The first kappa shape index (κ1) is 17.2. The van der Waals surface area contributed by atoms with Gasteiger partial charge in [0.2, 0.25) is 5.96 Å². The van der Waals surface area contributed by atoms with Crippen LogP contribution in [0.2, 0.25) is 0 Å². The molecule has 4 N–H and O–H groups in total. The molecule has 0 bridgehead atoms. The van der Waals surface area contributed by atoms with Crippen molar-refractivity contribution < 1.29 is 18.3 Å². The van der Waals surface area contributed by atoms with Crippen molar-refractivity contribution in [3.05, 3.63) is 36.4 Å². The summed E-state index contributed by atoms with van der Waals surface area (Å²) in [6.07, 6.45) is 0. The molecule has 0 amide bonds. The lowest BCUT2D eigenvalue weighted by atomic mass is 10.4. The van der Waals surface area contributed by atoms with Gasteiger partial charge in [-0.2, -0.15) is 8.42 Å². The molecule has 8 heteroatoms. The Morgan fingerprint density at radius 2 is 1.41 bits per heavy atom. The van der Waals surface area contributed by atoms with Crippen LogP contribution in [0.4, 0.5) is 0 Å². The lowest BCUT2D eigenvalue weighted by Gasteiger charge is -1.69. The molecule has 1 aromatic rings. The molecule has 0 spiro atoms. The van der Waals surface area contributed by atoms with Crippen molar-refractivity contribution in [1.82, 2.24) is 0 Å². The molecule has 0 unspecified atom stereocenters. The number of nitrogens with two attached hydrogens (primary N) is 1. The van der Waals surface area contributed by atoms with Crippen LogP contribution in [0.15, 0.2) is 40.8 Å². The minimum absolute atomic E-state index is 0.701. The fourth-order valence-corrected chi connectivity index (χ4v) is 0.626. The van der Waals surface area contributed by atoms with Gasteiger partial charge in [-0.25, -0.2) is 0 Å². The molecule has 0 aliphatic carbocycles. The molecule has 0 aliphatic heterocycles. The molecule has 0 radical (unpaired) electrons. The Hall–Kier alpha value is -2.22. The van der Waals surface area contributed by atoms with E-state index in [0.29, 0.717) is 0 Å². The summed E-state index contributed by atoms with van der Waals surface area (Å²) in [7, 11) is -2.57. The molecule has 0 saturated carbocycles. The second-order valence-corrected chi connectivity index (χ2v) is 2.98. The Balaban J connectivity index is 0. The Morgan fingerprint density at radius 3 is 1.47 bits per heavy atom. The Kier molecular flexibility index (Phi) is 12.0. The van der Waals surface area contributed by atoms with E-state index in [1.54, 1.807) is 0 Å². The van der Waals surface area contributed by atoms with Crippen LogP contribution in [0.5, 0.6) is 0 Å². The number of hydrogen-bond donors (Lipinski definition) is 3. The number of aliphatic carboxylic acids is 1. The summed E-state index contributed by atoms with van der Waals surface area (Å²) in [5, 5.41) is 13.7. The summed E-state index contributed by atoms with van der Waals surface area (Å²) in [6, 6.07) is 12.0. The van der Waals surface area contributed by atoms with Crippen molar-refractivity contribution in [2.75, 3.05) is 0 Å². The van der Waals surface area contributed by atoms with Gasteiger partial charge in [-0.1, -0.05) is 40.8 Å². The monoisotopic (exact) mass is 259 g/mol. The van der Waals surface area contributed by atoms with E-state index in [2.05, 4.69) is 10.1 Å². The lowest BCUT2D eigenvalue weighted by molar-refractivity contribution is -0.134. The van der Waals surface area contributed by atoms with Crippen molar-refractivity contribution in [1.29, 1.82) is 5.41 Å². The van der Waals surface area contributed by atoms with E-state index in [1.165, 1.54) is 0 Å². The zero-order valence-electron chi connectivity index (χ0n) is 9.07. The Bertz CT molecular complexity index is 418. The molecule has 94 valence electrons. The van der Waals surface area contributed by atoms with E-state index in [-0.39, 0.29) is 0 Å². The van der Waals surface area contributed by atoms with Gasteiger partial charge in [-0.3, -0.25) is 10.2 Å². The molecule has 0 aromatic heterocycles. The molecule has 0 heterocycles. The van der Waals surface area contributed by atoms with Gasteiger partial charge in [0.25, 0.3) is 5.97 Å². The maximum Gasteiger partial charge on any atom is 0.319 e. The van der Waals surface area contributed by atoms with Crippen molar-refractivity contribution in [3.8, 4) is 0 Å². The summed E-state index contributed by atoms with van der Waals surface area (Å²) in [5.41, 5.74) is 4.52. The average Bonchev–Trinajstić information content (AvgIpc) is 2.18.